The lowest BCUT2D eigenvalue weighted by atomic mass is 9.83. The van der Waals surface area contributed by atoms with Crippen molar-refractivity contribution in [3.05, 3.63) is 52.6 Å². The van der Waals surface area contributed by atoms with E-state index in [0.29, 0.717) is 66.7 Å². The minimum atomic E-state index is -0.668. The number of carbonyl (C=O) groups is 3. The van der Waals surface area contributed by atoms with Crippen molar-refractivity contribution < 1.29 is 38.4 Å². The third-order valence-corrected chi connectivity index (χ3v) is 6.79. The van der Waals surface area contributed by atoms with E-state index < -0.39 is 24.0 Å². The van der Waals surface area contributed by atoms with Gasteiger partial charge in [0.25, 0.3) is 0 Å². The number of Topliss-reactive ketones (excluding diaryl/α,β-unsaturated/α-hetero) is 1. The molecule has 0 saturated heterocycles. The number of benzene rings is 2. The molecule has 2 aliphatic heterocycles. The van der Waals surface area contributed by atoms with Crippen LogP contribution >= 0.6 is 0 Å². The van der Waals surface area contributed by atoms with Gasteiger partial charge in [-0.1, -0.05) is 18.2 Å². The number of aromatic hydroxyl groups is 1. The zero-order valence-electron chi connectivity index (χ0n) is 21.4. The summed E-state index contributed by atoms with van der Waals surface area (Å²) in [5, 5.41) is 11.5. The first kappa shape index (κ1) is 26.3. The lowest BCUT2D eigenvalue weighted by molar-refractivity contribution is -0.135. The molecular weight excluding hydrogens is 476 g/mol. The highest BCUT2D eigenvalue weighted by atomic mass is 16.5. The average molecular weight is 509 g/mol. The van der Waals surface area contributed by atoms with Gasteiger partial charge in [-0.2, -0.15) is 0 Å². The molecule has 0 fully saturated rings. The second-order valence-corrected chi connectivity index (χ2v) is 9.39. The molecule has 0 saturated carbocycles. The molecule has 2 aromatic rings. The maximum atomic E-state index is 13.3. The molecule has 2 heterocycles. The Morgan fingerprint density at radius 1 is 1.00 bits per heavy atom. The van der Waals surface area contributed by atoms with Crippen molar-refractivity contribution in [1.82, 2.24) is 0 Å². The molecule has 0 aliphatic carbocycles. The van der Waals surface area contributed by atoms with Crippen LogP contribution in [0.3, 0.4) is 0 Å². The van der Waals surface area contributed by atoms with Crippen LogP contribution in [0.2, 0.25) is 0 Å². The van der Waals surface area contributed by atoms with Crippen molar-refractivity contribution >= 4 is 23.8 Å². The summed E-state index contributed by atoms with van der Waals surface area (Å²) in [6, 6.07) is 6.86. The van der Waals surface area contributed by atoms with Crippen LogP contribution in [0, 0.1) is 0 Å². The molecule has 2 aromatic carbocycles. The summed E-state index contributed by atoms with van der Waals surface area (Å²) >= 11 is 0. The molecule has 8 heteroatoms. The van der Waals surface area contributed by atoms with Gasteiger partial charge in [0, 0.05) is 24.3 Å². The number of allylic oxidation sites excluding steroid dienone is 1. The largest absolute Gasteiger partial charge is 0.507 e. The van der Waals surface area contributed by atoms with Crippen molar-refractivity contribution in [3.8, 4) is 23.0 Å². The standard InChI is InChI=1S/C29H32O8/c1-17-8-7-11-20(30)10-6-4-5-9-19-15-24-27(28(32)26(19)29(33)36-17)21(16-25(31)37-24)18-12-13-22(34-2)23(14-18)35-3/h5,9,12-15,17,21,32H,4,6-8,10-11,16H2,1-3H3/t17-,21+/m0/s1. The van der Waals surface area contributed by atoms with Gasteiger partial charge in [-0.3, -0.25) is 9.59 Å². The van der Waals surface area contributed by atoms with Crippen LogP contribution in [-0.4, -0.2) is 43.2 Å². The first-order chi connectivity index (χ1) is 17.8. The van der Waals surface area contributed by atoms with Gasteiger partial charge in [0.15, 0.2) is 11.5 Å². The van der Waals surface area contributed by atoms with Crippen LogP contribution in [0.25, 0.3) is 6.08 Å². The fourth-order valence-corrected chi connectivity index (χ4v) is 4.87. The van der Waals surface area contributed by atoms with Crippen LogP contribution in [0.4, 0.5) is 0 Å². The monoisotopic (exact) mass is 508 g/mol. The molecular formula is C29H32O8. The SMILES string of the molecule is COc1ccc([C@H]2CC(=O)Oc3cc4c(c(O)c32)C(=O)O[C@@H](C)CCCC(=O)CCCC=C4)cc1OC. The van der Waals surface area contributed by atoms with Gasteiger partial charge in [0.05, 0.1) is 26.7 Å². The lowest BCUT2D eigenvalue weighted by Gasteiger charge is -2.28. The van der Waals surface area contributed by atoms with Gasteiger partial charge < -0.3 is 24.1 Å². The summed E-state index contributed by atoms with van der Waals surface area (Å²) in [4.78, 5) is 38.0. The van der Waals surface area contributed by atoms with Crippen molar-refractivity contribution in [2.45, 2.75) is 63.9 Å². The van der Waals surface area contributed by atoms with Gasteiger partial charge in [-0.25, -0.2) is 4.79 Å². The molecule has 37 heavy (non-hydrogen) atoms. The molecule has 8 nitrogen and oxygen atoms in total. The van der Waals surface area contributed by atoms with Gasteiger partial charge in [0.2, 0.25) is 0 Å². The van der Waals surface area contributed by atoms with E-state index in [4.69, 9.17) is 18.9 Å². The van der Waals surface area contributed by atoms with Crippen LogP contribution in [0.15, 0.2) is 30.3 Å². The van der Waals surface area contributed by atoms with Gasteiger partial charge in [-0.15, -0.1) is 0 Å². The lowest BCUT2D eigenvalue weighted by Crippen LogP contribution is -2.23. The van der Waals surface area contributed by atoms with Crippen LogP contribution in [0.5, 0.6) is 23.0 Å². The van der Waals surface area contributed by atoms with E-state index in [9.17, 15) is 19.5 Å². The number of rotatable bonds is 3. The number of esters is 2. The Hall–Kier alpha value is -3.81. The van der Waals surface area contributed by atoms with Crippen molar-refractivity contribution in [1.29, 1.82) is 0 Å². The van der Waals surface area contributed by atoms with Gasteiger partial charge in [0.1, 0.15) is 22.8 Å². The molecule has 0 amide bonds. The summed E-state index contributed by atoms with van der Waals surface area (Å²) in [5.41, 5.74) is 1.46. The number of phenolic OH excluding ortho intramolecular Hbond substituents is 1. The Balaban J connectivity index is 1.82. The Labute approximate surface area is 216 Å². The molecule has 0 radical (unpaired) electrons. The van der Waals surface area contributed by atoms with E-state index in [-0.39, 0.29) is 29.3 Å². The van der Waals surface area contributed by atoms with E-state index in [1.54, 1.807) is 37.3 Å². The Kier molecular flexibility index (Phi) is 8.16. The zero-order chi connectivity index (χ0) is 26.5. The van der Waals surface area contributed by atoms with E-state index in [1.807, 2.05) is 6.08 Å². The molecule has 196 valence electrons. The summed E-state index contributed by atoms with van der Waals surface area (Å²) in [5.74, 6) is -0.572. The van der Waals surface area contributed by atoms with Crippen LogP contribution < -0.4 is 14.2 Å². The summed E-state index contributed by atoms with van der Waals surface area (Å²) in [6.07, 6.45) is 6.52. The van der Waals surface area contributed by atoms with Crippen molar-refractivity contribution in [3.63, 3.8) is 0 Å². The maximum absolute atomic E-state index is 13.3. The molecule has 0 aromatic heterocycles. The Bertz CT molecular complexity index is 1230. The fraction of sp³-hybridized carbons (Fsp3) is 0.414. The van der Waals surface area contributed by atoms with Gasteiger partial charge >= 0.3 is 11.9 Å². The second kappa shape index (κ2) is 11.5. The molecule has 4 rings (SSSR count). The predicted molar refractivity (Wildman–Crippen MR) is 136 cm³/mol. The average Bonchev–Trinajstić information content (AvgIpc) is 2.86. The number of phenols is 1. The normalized spacial score (nSPS) is 20.7. The molecule has 0 bridgehead atoms. The number of hydrogen-bond acceptors (Lipinski definition) is 8. The Morgan fingerprint density at radius 2 is 1.76 bits per heavy atom. The minimum Gasteiger partial charge on any atom is -0.507 e. The molecule has 0 spiro atoms. The smallest absolute Gasteiger partial charge is 0.342 e. The van der Waals surface area contributed by atoms with Gasteiger partial charge in [-0.05, 0) is 61.9 Å². The van der Waals surface area contributed by atoms with E-state index in [2.05, 4.69) is 0 Å². The number of cyclic esters (lactones) is 1. The maximum Gasteiger partial charge on any atom is 0.342 e. The summed E-state index contributed by atoms with van der Waals surface area (Å²) in [7, 11) is 3.05. The molecule has 1 N–H and O–H groups in total. The van der Waals surface area contributed by atoms with Crippen LogP contribution in [-0.2, 0) is 14.3 Å². The fourth-order valence-electron chi connectivity index (χ4n) is 4.87. The first-order valence-electron chi connectivity index (χ1n) is 12.5. The van der Waals surface area contributed by atoms with Crippen molar-refractivity contribution in [2.75, 3.05) is 14.2 Å². The first-order valence-corrected chi connectivity index (χ1v) is 12.5. The molecule has 0 unspecified atom stereocenters. The quantitative estimate of drug-likeness (QED) is 0.438. The third-order valence-electron chi connectivity index (χ3n) is 6.79. The Morgan fingerprint density at radius 3 is 2.51 bits per heavy atom. The number of methoxy groups -OCH3 is 2. The number of hydrogen-bond donors (Lipinski definition) is 1. The molecule has 2 atom stereocenters. The highest BCUT2D eigenvalue weighted by Crippen LogP contribution is 2.48. The van der Waals surface area contributed by atoms with Crippen LogP contribution in [0.1, 0.15) is 84.8 Å². The zero-order valence-corrected chi connectivity index (χ0v) is 21.4. The van der Waals surface area contributed by atoms with E-state index in [1.165, 1.54) is 14.2 Å². The summed E-state index contributed by atoms with van der Waals surface area (Å²) < 4.78 is 22.0. The predicted octanol–water partition coefficient (Wildman–Crippen LogP) is 5.33. The highest BCUT2D eigenvalue weighted by molar-refractivity contribution is 5.98. The number of ketones is 1. The molecule has 2 aliphatic rings. The minimum absolute atomic E-state index is 0.0237. The number of ether oxygens (including phenoxy) is 4. The number of fused-ring (bicyclic) bond motifs is 2. The third kappa shape index (κ3) is 5.79. The van der Waals surface area contributed by atoms with Crippen molar-refractivity contribution in [2.24, 2.45) is 0 Å². The van der Waals surface area contributed by atoms with E-state index >= 15 is 0 Å². The second-order valence-electron chi connectivity index (χ2n) is 9.39. The topological polar surface area (TPSA) is 108 Å². The van der Waals surface area contributed by atoms with E-state index in [0.717, 1.165) is 0 Å². The highest BCUT2D eigenvalue weighted by Gasteiger charge is 2.35. The summed E-state index contributed by atoms with van der Waals surface area (Å²) in [6.45, 7) is 1.77. The number of carbonyl (C=O) groups excluding carboxylic acids is 3.